The summed E-state index contributed by atoms with van der Waals surface area (Å²) in [5.41, 5.74) is 2.05. The van der Waals surface area contributed by atoms with E-state index in [1.807, 2.05) is 24.3 Å². The van der Waals surface area contributed by atoms with Gasteiger partial charge >= 0.3 is 0 Å². The molecule has 2 aromatic rings. The number of hydrogen-bond donors (Lipinski definition) is 0. The molecule has 0 atom stereocenters. The molecule has 1 aromatic heterocycles. The maximum absolute atomic E-state index is 11.7. The van der Waals surface area contributed by atoms with Crippen molar-refractivity contribution in [2.24, 2.45) is 7.05 Å². The summed E-state index contributed by atoms with van der Waals surface area (Å²) in [5.74, 6) is 0. The van der Waals surface area contributed by atoms with Gasteiger partial charge < -0.3 is 0 Å². The Morgan fingerprint density at radius 3 is 2.47 bits per heavy atom. The smallest absolute Gasteiger partial charge is 0.275 e. The van der Waals surface area contributed by atoms with Gasteiger partial charge in [0.1, 0.15) is 5.56 Å². The third-order valence-electron chi connectivity index (χ3n) is 2.93. The predicted molar refractivity (Wildman–Crippen MR) is 74.5 cm³/mol. The summed E-state index contributed by atoms with van der Waals surface area (Å²) >= 11 is 5.41. The number of halogens is 1. The van der Waals surface area contributed by atoms with Crippen molar-refractivity contribution in [2.75, 3.05) is 0 Å². The highest BCUT2D eigenvalue weighted by molar-refractivity contribution is 6.67. The molecular weight excluding hydrogens is 264 g/mol. The van der Waals surface area contributed by atoms with E-state index in [4.69, 9.17) is 11.6 Å². The van der Waals surface area contributed by atoms with Crippen LogP contribution >= 0.6 is 11.6 Å². The maximum Gasteiger partial charge on any atom is 0.278 e. The van der Waals surface area contributed by atoms with Crippen molar-refractivity contribution in [3.05, 3.63) is 51.8 Å². The van der Waals surface area contributed by atoms with Crippen LogP contribution in [0.4, 0.5) is 0 Å². The molecule has 4 nitrogen and oxygen atoms in total. The summed E-state index contributed by atoms with van der Waals surface area (Å²) in [6.45, 7) is 2.07. The monoisotopic (exact) mass is 276 g/mol. The lowest BCUT2D eigenvalue weighted by atomic mass is 10.1. The molecule has 1 heterocycles. The number of carbonyl (C=O) groups is 1. The molecule has 0 radical (unpaired) electrons. The Labute approximate surface area is 115 Å². The zero-order valence-corrected chi connectivity index (χ0v) is 11.4. The van der Waals surface area contributed by atoms with Crippen molar-refractivity contribution >= 4 is 16.8 Å². The minimum absolute atomic E-state index is 0.0614. The van der Waals surface area contributed by atoms with E-state index in [2.05, 4.69) is 12.0 Å². The topological polar surface area (TPSA) is 52.0 Å². The number of aromatic nitrogens is 2. The van der Waals surface area contributed by atoms with Gasteiger partial charge in [0.05, 0.1) is 5.69 Å². The molecule has 19 heavy (non-hydrogen) atoms. The van der Waals surface area contributed by atoms with Crippen LogP contribution in [0, 0.1) is 0 Å². The van der Waals surface area contributed by atoms with Crippen molar-refractivity contribution in [3.63, 3.8) is 0 Å². The molecule has 0 saturated heterocycles. The Kier molecular flexibility index (Phi) is 3.81. The van der Waals surface area contributed by atoms with E-state index in [0.29, 0.717) is 5.69 Å². The van der Waals surface area contributed by atoms with Gasteiger partial charge in [-0.3, -0.25) is 9.59 Å². The van der Waals surface area contributed by atoms with Gasteiger partial charge in [-0.25, -0.2) is 4.68 Å². The van der Waals surface area contributed by atoms with E-state index >= 15 is 0 Å². The van der Waals surface area contributed by atoms with Gasteiger partial charge in [-0.05, 0) is 29.7 Å². The number of hydrogen-bond acceptors (Lipinski definition) is 3. The van der Waals surface area contributed by atoms with Gasteiger partial charge in [0.2, 0.25) is 0 Å². The van der Waals surface area contributed by atoms with Crippen LogP contribution < -0.4 is 5.56 Å². The second-order valence-corrected chi connectivity index (χ2v) is 4.54. The molecule has 0 bridgehead atoms. The minimum Gasteiger partial charge on any atom is -0.275 e. The molecule has 0 spiro atoms. The average Bonchev–Trinajstić information content (AvgIpc) is 2.41. The molecule has 0 aliphatic carbocycles. The highest BCUT2D eigenvalue weighted by atomic mass is 35.5. The zero-order valence-electron chi connectivity index (χ0n) is 10.7. The van der Waals surface area contributed by atoms with Crippen LogP contribution in [0.15, 0.2) is 35.1 Å². The standard InChI is InChI=1S/C14H13ClN2O2/c1-3-9-4-6-10(7-5-9)12-8-11(13(15)18)14(19)17(2)16-12/h4-8H,3H2,1-2H3. The molecule has 0 fully saturated rings. The van der Waals surface area contributed by atoms with Crippen LogP contribution in [0.5, 0.6) is 0 Å². The summed E-state index contributed by atoms with van der Waals surface area (Å²) in [7, 11) is 1.50. The van der Waals surface area contributed by atoms with Gasteiger partial charge in [-0.15, -0.1) is 0 Å². The molecule has 5 heteroatoms. The Hall–Kier alpha value is -1.94. The first-order chi connectivity index (χ1) is 9.02. The van der Waals surface area contributed by atoms with Crippen LogP contribution in [0.2, 0.25) is 0 Å². The van der Waals surface area contributed by atoms with Crippen LogP contribution in [0.1, 0.15) is 22.8 Å². The first kappa shape index (κ1) is 13.5. The van der Waals surface area contributed by atoms with Crippen LogP contribution in [0.3, 0.4) is 0 Å². The molecule has 0 amide bonds. The normalized spacial score (nSPS) is 10.5. The third kappa shape index (κ3) is 2.74. The number of rotatable bonds is 3. The second kappa shape index (κ2) is 5.36. The lowest BCUT2D eigenvalue weighted by Crippen LogP contribution is -2.25. The molecule has 0 aliphatic heterocycles. The number of aryl methyl sites for hydroxylation is 2. The van der Waals surface area contributed by atoms with E-state index in [-0.39, 0.29) is 5.56 Å². The van der Waals surface area contributed by atoms with Crippen molar-refractivity contribution in [2.45, 2.75) is 13.3 Å². The Bertz CT molecular complexity index is 675. The summed E-state index contributed by atoms with van der Waals surface area (Å²) in [6, 6.07) is 9.23. The van der Waals surface area contributed by atoms with E-state index in [1.165, 1.54) is 18.7 Å². The molecule has 2 rings (SSSR count). The lowest BCUT2D eigenvalue weighted by molar-refractivity contribution is 0.107. The zero-order chi connectivity index (χ0) is 14.0. The van der Waals surface area contributed by atoms with Crippen molar-refractivity contribution in [3.8, 4) is 11.3 Å². The van der Waals surface area contributed by atoms with Crippen LogP contribution in [-0.4, -0.2) is 15.0 Å². The fourth-order valence-corrected chi connectivity index (χ4v) is 1.94. The number of nitrogens with zero attached hydrogens (tertiary/aromatic N) is 2. The first-order valence-corrected chi connectivity index (χ1v) is 6.28. The van der Waals surface area contributed by atoms with Gasteiger partial charge in [0.15, 0.2) is 0 Å². The molecule has 0 unspecified atom stereocenters. The lowest BCUT2D eigenvalue weighted by Gasteiger charge is -2.06. The van der Waals surface area contributed by atoms with Crippen molar-refractivity contribution < 1.29 is 4.79 Å². The third-order valence-corrected chi connectivity index (χ3v) is 3.14. The summed E-state index contributed by atoms with van der Waals surface area (Å²) in [5, 5.41) is 3.37. The molecule has 98 valence electrons. The predicted octanol–water partition coefficient (Wildman–Crippen LogP) is 2.39. The highest BCUT2D eigenvalue weighted by Gasteiger charge is 2.12. The Morgan fingerprint density at radius 2 is 1.95 bits per heavy atom. The highest BCUT2D eigenvalue weighted by Crippen LogP contribution is 2.18. The summed E-state index contributed by atoms with van der Waals surface area (Å²) < 4.78 is 1.12. The van der Waals surface area contributed by atoms with Crippen LogP contribution in [-0.2, 0) is 13.5 Å². The molecule has 0 aliphatic rings. The second-order valence-electron chi connectivity index (χ2n) is 4.20. The van der Waals surface area contributed by atoms with E-state index in [9.17, 15) is 9.59 Å². The van der Waals surface area contributed by atoms with Gasteiger partial charge in [0.25, 0.3) is 10.8 Å². The average molecular weight is 277 g/mol. The SMILES string of the molecule is CCc1ccc(-c2cc(C(=O)Cl)c(=O)n(C)n2)cc1. The van der Waals surface area contributed by atoms with Crippen LogP contribution in [0.25, 0.3) is 11.3 Å². The van der Waals surface area contributed by atoms with Gasteiger partial charge in [-0.1, -0.05) is 31.2 Å². The van der Waals surface area contributed by atoms with Gasteiger partial charge in [0, 0.05) is 12.6 Å². The largest absolute Gasteiger partial charge is 0.278 e. The minimum atomic E-state index is -0.769. The fraction of sp³-hybridized carbons (Fsp3) is 0.214. The molecule has 0 N–H and O–H groups in total. The van der Waals surface area contributed by atoms with E-state index in [1.54, 1.807) is 0 Å². The number of carbonyl (C=O) groups excluding carboxylic acids is 1. The van der Waals surface area contributed by atoms with E-state index < -0.39 is 10.8 Å². The summed E-state index contributed by atoms with van der Waals surface area (Å²) in [6.07, 6.45) is 0.951. The Balaban J connectivity index is 2.56. The maximum atomic E-state index is 11.7. The summed E-state index contributed by atoms with van der Waals surface area (Å²) in [4.78, 5) is 22.9. The first-order valence-electron chi connectivity index (χ1n) is 5.90. The quantitative estimate of drug-likeness (QED) is 0.809. The molecular formula is C14H13ClN2O2. The number of benzene rings is 1. The molecule has 0 saturated carbocycles. The van der Waals surface area contributed by atoms with E-state index in [0.717, 1.165) is 16.7 Å². The fourth-order valence-electron chi connectivity index (χ4n) is 1.80. The van der Waals surface area contributed by atoms with Gasteiger partial charge in [-0.2, -0.15) is 5.10 Å². The van der Waals surface area contributed by atoms with Crippen molar-refractivity contribution in [1.82, 2.24) is 9.78 Å². The van der Waals surface area contributed by atoms with Crippen molar-refractivity contribution in [1.29, 1.82) is 0 Å². The Morgan fingerprint density at radius 1 is 1.32 bits per heavy atom. The molecule has 1 aromatic carbocycles.